The zero-order chi connectivity index (χ0) is 35.3. The van der Waals surface area contributed by atoms with Gasteiger partial charge < -0.3 is 14.4 Å². The van der Waals surface area contributed by atoms with E-state index in [9.17, 15) is 0 Å². The van der Waals surface area contributed by atoms with Gasteiger partial charge in [0.1, 0.15) is 0 Å². The van der Waals surface area contributed by atoms with E-state index in [2.05, 4.69) is 92.5 Å². The molecule has 1 heterocycles. The molecule has 0 saturated carbocycles. The third kappa shape index (κ3) is 30.2. The maximum atomic E-state index is 6.28. The average molecular weight is 679 g/mol. The monoisotopic (exact) mass is 679 g/mol. The van der Waals surface area contributed by atoms with Crippen LogP contribution in [0.2, 0.25) is 0 Å². The fourth-order valence-electron chi connectivity index (χ4n) is 5.71. The van der Waals surface area contributed by atoms with Gasteiger partial charge in [-0.2, -0.15) is 0 Å². The molecular weight excluding hydrogens is 601 g/mol. The number of aromatic nitrogens is 1. The number of unbranched alkanes of at least 4 members (excludes halogenated alkanes) is 18. The van der Waals surface area contributed by atoms with Crippen molar-refractivity contribution < 1.29 is 9.47 Å². The summed E-state index contributed by atoms with van der Waals surface area (Å²) in [6.45, 7) is 6.98. The van der Waals surface area contributed by atoms with E-state index in [1.54, 1.807) is 0 Å². The molecule has 0 unspecified atom stereocenters. The summed E-state index contributed by atoms with van der Waals surface area (Å²) in [6, 6.07) is 2.10. The van der Waals surface area contributed by atoms with Crippen LogP contribution in [-0.2, 0) is 6.42 Å². The number of likely N-dealkylation sites (N-methyl/N-ethyl adjacent to an activating group) is 1. The first-order valence-electron chi connectivity index (χ1n) is 20.7. The molecule has 280 valence electrons. The maximum absolute atomic E-state index is 6.28. The highest BCUT2D eigenvalue weighted by Crippen LogP contribution is 2.28. The molecule has 0 aliphatic rings. The lowest BCUT2D eigenvalue weighted by atomic mass is 10.1. The van der Waals surface area contributed by atoms with Gasteiger partial charge in [-0.15, -0.1) is 0 Å². The van der Waals surface area contributed by atoms with Crippen LogP contribution in [0.25, 0.3) is 0 Å². The van der Waals surface area contributed by atoms with Crippen molar-refractivity contribution in [2.75, 3.05) is 33.9 Å². The van der Waals surface area contributed by atoms with Gasteiger partial charge in [0.2, 0.25) is 0 Å². The van der Waals surface area contributed by atoms with Crippen molar-refractivity contribution in [3.05, 3.63) is 66.6 Å². The molecule has 0 atom stereocenters. The third-order valence-electron chi connectivity index (χ3n) is 8.91. The quantitative estimate of drug-likeness (QED) is 0.0529. The third-order valence-corrected chi connectivity index (χ3v) is 8.91. The highest BCUT2D eigenvalue weighted by atomic mass is 16.5. The second-order valence-electron chi connectivity index (χ2n) is 14.0. The summed E-state index contributed by atoms with van der Waals surface area (Å²) in [5.74, 6) is 1.67. The van der Waals surface area contributed by atoms with Crippen LogP contribution in [0.1, 0.15) is 174 Å². The van der Waals surface area contributed by atoms with Gasteiger partial charge >= 0.3 is 0 Å². The molecule has 0 radical (unpaired) electrons. The Kier molecular flexibility index (Phi) is 32.4. The van der Waals surface area contributed by atoms with Gasteiger partial charge in [0.15, 0.2) is 11.5 Å². The Balaban J connectivity index is 2.19. The lowest BCUT2D eigenvalue weighted by molar-refractivity contribution is 0.257. The Hall–Kier alpha value is -2.33. The van der Waals surface area contributed by atoms with Crippen LogP contribution < -0.4 is 9.47 Å². The van der Waals surface area contributed by atoms with E-state index in [1.807, 2.05) is 6.20 Å². The fourth-order valence-corrected chi connectivity index (χ4v) is 5.71. The van der Waals surface area contributed by atoms with E-state index in [0.29, 0.717) is 0 Å². The molecule has 0 aliphatic carbocycles. The molecule has 0 N–H and O–H groups in total. The van der Waals surface area contributed by atoms with Gasteiger partial charge in [-0.25, -0.2) is 0 Å². The van der Waals surface area contributed by atoms with Gasteiger partial charge in [0.25, 0.3) is 0 Å². The molecule has 0 fully saturated rings. The lowest BCUT2D eigenvalue weighted by Gasteiger charge is -2.15. The molecule has 0 saturated heterocycles. The van der Waals surface area contributed by atoms with Crippen LogP contribution >= 0.6 is 0 Å². The maximum Gasteiger partial charge on any atom is 0.179 e. The number of nitrogens with zero attached hydrogens (tertiary/aromatic N) is 2. The Morgan fingerprint density at radius 3 is 1.37 bits per heavy atom. The molecule has 1 rings (SSSR count). The van der Waals surface area contributed by atoms with Gasteiger partial charge in [-0.05, 0) is 91.1 Å². The van der Waals surface area contributed by atoms with E-state index in [0.717, 1.165) is 69.1 Å². The normalized spacial score (nSPS) is 12.2. The van der Waals surface area contributed by atoms with Gasteiger partial charge in [-0.3, -0.25) is 4.98 Å². The Morgan fingerprint density at radius 2 is 0.918 bits per heavy atom. The Labute approximate surface area is 304 Å². The van der Waals surface area contributed by atoms with Crippen LogP contribution in [0.3, 0.4) is 0 Å². The van der Waals surface area contributed by atoms with Crippen LogP contribution in [0.5, 0.6) is 11.5 Å². The summed E-state index contributed by atoms with van der Waals surface area (Å²) in [4.78, 5) is 6.88. The molecule has 4 heteroatoms. The predicted molar refractivity (Wildman–Crippen MR) is 216 cm³/mol. The second-order valence-corrected chi connectivity index (χ2v) is 14.0. The van der Waals surface area contributed by atoms with E-state index in [1.165, 1.54) is 128 Å². The first kappa shape index (κ1) is 44.7. The van der Waals surface area contributed by atoms with Crippen LogP contribution in [0.4, 0.5) is 0 Å². The Bertz CT molecular complexity index is 965. The minimum Gasteiger partial charge on any atom is -0.490 e. The average Bonchev–Trinajstić information content (AvgIpc) is 3.10. The van der Waals surface area contributed by atoms with Gasteiger partial charge in [-0.1, -0.05) is 140 Å². The van der Waals surface area contributed by atoms with Crippen molar-refractivity contribution in [1.82, 2.24) is 9.88 Å². The molecule has 4 nitrogen and oxygen atoms in total. The van der Waals surface area contributed by atoms with Crippen molar-refractivity contribution in [1.29, 1.82) is 0 Å². The van der Waals surface area contributed by atoms with E-state index in [-0.39, 0.29) is 0 Å². The van der Waals surface area contributed by atoms with Crippen LogP contribution in [-0.4, -0.2) is 43.7 Å². The SMILES string of the molecule is CCCCC/C=C\C/C=C\CCCCCCCCOc1cnc(CCN(C)C)cc1OCCCCCCCC/C=C\C/C=C\CCCCC. The van der Waals surface area contributed by atoms with Crippen molar-refractivity contribution in [2.45, 2.75) is 174 Å². The fraction of sp³-hybridized carbons (Fsp3) is 0.711. The molecule has 0 aliphatic heterocycles. The second kappa shape index (κ2) is 35.5. The zero-order valence-corrected chi connectivity index (χ0v) is 32.8. The Morgan fingerprint density at radius 1 is 0.510 bits per heavy atom. The standard InChI is InChI=1S/C45H78N2O2/c1-5-7-9-11-13-15-17-19-21-23-25-27-29-31-33-35-39-48-44-41-43(37-38-47(3)4)46-42-45(44)49-40-36-34-32-30-28-26-24-22-20-18-16-14-12-10-8-6-2/h13-16,19-22,41-42H,5-12,17-18,23-40H2,1-4H3/b15-13-,16-14-,21-19-,22-20-. The summed E-state index contributed by atoms with van der Waals surface area (Å²) in [7, 11) is 4.21. The van der Waals surface area contributed by atoms with Crippen LogP contribution in [0, 0.1) is 0 Å². The van der Waals surface area contributed by atoms with E-state index < -0.39 is 0 Å². The predicted octanol–water partition coefficient (Wildman–Crippen LogP) is 13.6. The summed E-state index contributed by atoms with van der Waals surface area (Å²) < 4.78 is 12.5. The molecule has 1 aromatic rings. The van der Waals surface area contributed by atoms with Crippen molar-refractivity contribution in [2.24, 2.45) is 0 Å². The smallest absolute Gasteiger partial charge is 0.179 e. The molecule has 49 heavy (non-hydrogen) atoms. The largest absolute Gasteiger partial charge is 0.490 e. The highest BCUT2D eigenvalue weighted by Gasteiger charge is 2.09. The van der Waals surface area contributed by atoms with E-state index in [4.69, 9.17) is 9.47 Å². The molecule has 1 aromatic heterocycles. The number of pyridine rings is 1. The molecule has 0 aromatic carbocycles. The number of ether oxygens (including phenoxy) is 2. The molecule has 0 amide bonds. The zero-order valence-electron chi connectivity index (χ0n) is 32.8. The molecule has 0 spiro atoms. The summed E-state index contributed by atoms with van der Waals surface area (Å²) in [5.41, 5.74) is 1.07. The van der Waals surface area contributed by atoms with Crippen molar-refractivity contribution >= 4 is 0 Å². The number of rotatable bonds is 35. The summed E-state index contributed by atoms with van der Waals surface area (Å²) in [6.07, 6.45) is 51.6. The summed E-state index contributed by atoms with van der Waals surface area (Å²) in [5, 5.41) is 0. The minimum atomic E-state index is 0.731. The molecular formula is C45H78N2O2. The van der Waals surface area contributed by atoms with Crippen molar-refractivity contribution in [3.8, 4) is 11.5 Å². The van der Waals surface area contributed by atoms with Crippen molar-refractivity contribution in [3.63, 3.8) is 0 Å². The van der Waals surface area contributed by atoms with Crippen LogP contribution in [0.15, 0.2) is 60.9 Å². The lowest BCUT2D eigenvalue weighted by Crippen LogP contribution is -2.15. The van der Waals surface area contributed by atoms with Gasteiger partial charge in [0.05, 0.1) is 19.4 Å². The molecule has 0 bridgehead atoms. The number of hydrogen-bond acceptors (Lipinski definition) is 4. The minimum absolute atomic E-state index is 0.731. The first-order valence-corrected chi connectivity index (χ1v) is 20.7. The van der Waals surface area contributed by atoms with E-state index >= 15 is 0 Å². The summed E-state index contributed by atoms with van der Waals surface area (Å²) >= 11 is 0. The highest BCUT2D eigenvalue weighted by molar-refractivity contribution is 5.39. The number of hydrogen-bond donors (Lipinski definition) is 0. The topological polar surface area (TPSA) is 34.6 Å². The first-order chi connectivity index (χ1) is 24.2. The number of allylic oxidation sites excluding steroid dienone is 8. The van der Waals surface area contributed by atoms with Gasteiger partial charge in [0, 0.05) is 24.7 Å².